The Morgan fingerprint density at radius 1 is 1.14 bits per heavy atom. The first-order valence-electron chi connectivity index (χ1n) is 12.7. The maximum Gasteiger partial charge on any atom is 0.315 e. The Morgan fingerprint density at radius 2 is 1.86 bits per heavy atom. The van der Waals surface area contributed by atoms with Crippen molar-refractivity contribution in [1.29, 1.82) is 0 Å². The molecule has 0 bridgehead atoms. The Hall–Kier alpha value is -3.45. The van der Waals surface area contributed by atoms with Crippen LogP contribution in [0.4, 0.5) is 9.18 Å². The molecule has 0 saturated carbocycles. The van der Waals surface area contributed by atoms with E-state index in [4.69, 9.17) is 0 Å². The highest BCUT2D eigenvalue weighted by Crippen LogP contribution is 2.44. The SMILES string of the molecule is CCNC(=O)NCc1ccccc1CC[C@H](O)C1(C)Cc2cnn(-c3ccc(F)cc3)c2C=C1CC. The van der Waals surface area contributed by atoms with Gasteiger partial charge in [0.15, 0.2) is 0 Å². The van der Waals surface area contributed by atoms with Crippen LogP contribution in [0.15, 0.2) is 60.3 Å². The molecule has 190 valence electrons. The molecule has 0 aliphatic heterocycles. The minimum absolute atomic E-state index is 0.184. The first-order valence-corrected chi connectivity index (χ1v) is 12.7. The summed E-state index contributed by atoms with van der Waals surface area (Å²) in [6, 6.07) is 14.2. The van der Waals surface area contributed by atoms with E-state index in [2.05, 4.69) is 41.7 Å². The zero-order chi connectivity index (χ0) is 25.7. The van der Waals surface area contributed by atoms with Crippen LogP contribution in [-0.2, 0) is 19.4 Å². The molecule has 1 heterocycles. The Balaban J connectivity index is 1.50. The molecular formula is C29H35FN4O2. The number of halogens is 1. The zero-order valence-electron chi connectivity index (χ0n) is 21.2. The van der Waals surface area contributed by atoms with Crippen LogP contribution in [0.25, 0.3) is 11.8 Å². The number of amides is 2. The van der Waals surface area contributed by atoms with Crippen LogP contribution in [0.5, 0.6) is 0 Å². The van der Waals surface area contributed by atoms with Crippen molar-refractivity contribution < 1.29 is 14.3 Å². The molecule has 1 unspecified atom stereocenters. The molecule has 1 aliphatic carbocycles. The molecule has 6 nitrogen and oxygen atoms in total. The minimum atomic E-state index is -0.546. The fourth-order valence-corrected chi connectivity index (χ4v) is 5.13. The summed E-state index contributed by atoms with van der Waals surface area (Å²) in [6.45, 7) is 7.16. The largest absolute Gasteiger partial charge is 0.392 e. The number of hydrogen-bond donors (Lipinski definition) is 3. The van der Waals surface area contributed by atoms with Crippen molar-refractivity contribution in [2.24, 2.45) is 5.41 Å². The van der Waals surface area contributed by atoms with Gasteiger partial charge in [-0.3, -0.25) is 0 Å². The lowest BCUT2D eigenvalue weighted by Gasteiger charge is -2.39. The number of carbonyl (C=O) groups is 1. The maximum atomic E-state index is 13.4. The number of aromatic nitrogens is 2. The number of benzene rings is 2. The van der Waals surface area contributed by atoms with Crippen LogP contribution >= 0.6 is 0 Å². The van der Waals surface area contributed by atoms with Gasteiger partial charge in [0.05, 0.1) is 23.7 Å². The van der Waals surface area contributed by atoms with Crippen molar-refractivity contribution in [3.8, 4) is 5.69 Å². The number of aliphatic hydroxyl groups is 1. The molecule has 3 N–H and O–H groups in total. The summed E-state index contributed by atoms with van der Waals surface area (Å²) in [5.74, 6) is -0.276. The number of nitrogens with one attached hydrogen (secondary N) is 2. The fourth-order valence-electron chi connectivity index (χ4n) is 5.13. The van der Waals surface area contributed by atoms with Gasteiger partial charge in [-0.15, -0.1) is 0 Å². The molecule has 2 aromatic carbocycles. The fraction of sp³-hybridized carbons (Fsp3) is 0.379. The van der Waals surface area contributed by atoms with Gasteiger partial charge in [-0.2, -0.15) is 5.10 Å². The lowest BCUT2D eigenvalue weighted by molar-refractivity contribution is 0.0531. The Kier molecular flexibility index (Phi) is 7.89. The number of hydrogen-bond acceptors (Lipinski definition) is 3. The Labute approximate surface area is 212 Å². The molecule has 0 radical (unpaired) electrons. The topological polar surface area (TPSA) is 79.2 Å². The summed E-state index contributed by atoms with van der Waals surface area (Å²) >= 11 is 0. The first kappa shape index (κ1) is 25.6. The van der Waals surface area contributed by atoms with E-state index in [0.717, 1.165) is 34.5 Å². The minimum Gasteiger partial charge on any atom is -0.392 e. The summed E-state index contributed by atoms with van der Waals surface area (Å²) < 4.78 is 15.3. The van der Waals surface area contributed by atoms with Crippen molar-refractivity contribution in [3.63, 3.8) is 0 Å². The van der Waals surface area contributed by atoms with Crippen molar-refractivity contribution in [2.75, 3.05) is 6.54 Å². The maximum absolute atomic E-state index is 13.4. The number of aliphatic hydroxyl groups excluding tert-OH is 1. The highest BCUT2D eigenvalue weighted by molar-refractivity contribution is 5.73. The van der Waals surface area contributed by atoms with E-state index in [-0.39, 0.29) is 11.8 Å². The van der Waals surface area contributed by atoms with Crippen molar-refractivity contribution >= 4 is 12.1 Å². The van der Waals surface area contributed by atoms with Gasteiger partial charge >= 0.3 is 6.03 Å². The van der Waals surface area contributed by atoms with Crippen molar-refractivity contribution in [1.82, 2.24) is 20.4 Å². The second-order valence-corrected chi connectivity index (χ2v) is 9.60. The van der Waals surface area contributed by atoms with Crippen LogP contribution < -0.4 is 10.6 Å². The van der Waals surface area contributed by atoms with Crippen LogP contribution in [0.3, 0.4) is 0 Å². The Bertz CT molecular complexity index is 1230. The lowest BCUT2D eigenvalue weighted by Crippen LogP contribution is -2.38. The summed E-state index contributed by atoms with van der Waals surface area (Å²) in [5, 5.41) is 21.7. The third kappa shape index (κ3) is 5.36. The first-order chi connectivity index (χ1) is 17.4. The summed E-state index contributed by atoms with van der Waals surface area (Å²) in [6.07, 6.45) is 6.27. The summed E-state index contributed by atoms with van der Waals surface area (Å²) in [5.41, 5.74) is 5.82. The molecule has 2 atom stereocenters. The quantitative estimate of drug-likeness (QED) is 0.387. The third-order valence-electron chi connectivity index (χ3n) is 7.26. The average molecular weight is 491 g/mol. The third-order valence-corrected chi connectivity index (χ3v) is 7.26. The molecule has 4 rings (SSSR count). The van der Waals surface area contributed by atoms with E-state index in [0.29, 0.717) is 32.4 Å². The van der Waals surface area contributed by atoms with Gasteiger partial charge in [0.1, 0.15) is 5.82 Å². The van der Waals surface area contributed by atoms with Gasteiger partial charge in [-0.05, 0) is 79.6 Å². The van der Waals surface area contributed by atoms with Crippen molar-refractivity contribution in [2.45, 2.75) is 59.1 Å². The average Bonchev–Trinajstić information content (AvgIpc) is 3.28. The Morgan fingerprint density at radius 3 is 2.56 bits per heavy atom. The van der Waals surface area contributed by atoms with Crippen LogP contribution in [0.2, 0.25) is 0 Å². The molecule has 2 amide bonds. The van der Waals surface area contributed by atoms with E-state index >= 15 is 0 Å². The smallest absolute Gasteiger partial charge is 0.315 e. The van der Waals surface area contributed by atoms with Gasteiger partial charge in [-0.1, -0.05) is 43.7 Å². The molecule has 1 aliphatic rings. The molecule has 0 spiro atoms. The van der Waals surface area contributed by atoms with Crippen LogP contribution in [0.1, 0.15) is 56.0 Å². The second kappa shape index (κ2) is 11.1. The molecule has 36 heavy (non-hydrogen) atoms. The van der Waals surface area contributed by atoms with Gasteiger partial charge in [0, 0.05) is 18.5 Å². The van der Waals surface area contributed by atoms with E-state index < -0.39 is 11.5 Å². The number of carbonyl (C=O) groups excluding carboxylic acids is 1. The molecule has 1 aromatic heterocycles. The zero-order valence-corrected chi connectivity index (χ0v) is 21.2. The van der Waals surface area contributed by atoms with Gasteiger partial charge in [0.2, 0.25) is 0 Å². The molecular weight excluding hydrogens is 455 g/mol. The van der Waals surface area contributed by atoms with E-state index in [1.54, 1.807) is 12.1 Å². The predicted octanol–water partition coefficient (Wildman–Crippen LogP) is 5.18. The molecule has 7 heteroatoms. The van der Waals surface area contributed by atoms with E-state index in [1.165, 1.54) is 17.7 Å². The molecule has 0 fully saturated rings. The second-order valence-electron chi connectivity index (χ2n) is 9.60. The van der Waals surface area contributed by atoms with Crippen LogP contribution in [0, 0.1) is 11.2 Å². The molecule has 0 saturated heterocycles. The number of fused-ring (bicyclic) bond motifs is 1. The standard InChI is InChI=1S/C29H35FN4O2/c1-4-23-16-26-22(19-33-34(26)25-13-11-24(30)12-14-25)17-29(23,3)27(35)15-10-20-8-6-7-9-21(20)18-32-28(36)31-5-2/h6-9,11-14,16,19,27,35H,4-5,10,15,17-18H2,1-3H3,(H2,31,32,36)/t27-,29?/m0/s1. The van der Waals surface area contributed by atoms with Gasteiger partial charge in [0.25, 0.3) is 0 Å². The highest BCUT2D eigenvalue weighted by atomic mass is 19.1. The summed E-state index contributed by atoms with van der Waals surface area (Å²) in [4.78, 5) is 11.8. The van der Waals surface area contributed by atoms with E-state index in [1.807, 2.05) is 36.0 Å². The van der Waals surface area contributed by atoms with Gasteiger partial charge < -0.3 is 15.7 Å². The van der Waals surface area contributed by atoms with E-state index in [9.17, 15) is 14.3 Å². The number of aryl methyl sites for hydroxylation is 1. The number of urea groups is 1. The number of rotatable bonds is 9. The monoisotopic (exact) mass is 490 g/mol. The predicted molar refractivity (Wildman–Crippen MR) is 140 cm³/mol. The van der Waals surface area contributed by atoms with Crippen LogP contribution in [-0.4, -0.2) is 33.6 Å². The van der Waals surface area contributed by atoms with Gasteiger partial charge in [-0.25, -0.2) is 13.9 Å². The normalized spacial score (nSPS) is 17.8. The van der Waals surface area contributed by atoms with Crippen molar-refractivity contribution in [3.05, 3.63) is 88.5 Å². The highest BCUT2D eigenvalue weighted by Gasteiger charge is 2.39. The summed E-state index contributed by atoms with van der Waals surface area (Å²) in [7, 11) is 0. The number of nitrogens with zero attached hydrogens (tertiary/aromatic N) is 2. The molecule has 3 aromatic rings. The lowest BCUT2D eigenvalue weighted by atomic mass is 9.67.